The number of furan rings is 1. The van der Waals surface area contributed by atoms with Crippen molar-refractivity contribution in [3.05, 3.63) is 63.2 Å². The SMILES string of the molecule is Cc1cc(C(=O)OC(C)C)ccc1-c1ccc(C=Nc2sc3c(c2C#N)CC[C@H](C(C)(C)C)C3)o1. The topological polar surface area (TPSA) is 75.6 Å². The second kappa shape index (κ2) is 9.83. The lowest BCUT2D eigenvalue weighted by Gasteiger charge is -2.33. The van der Waals surface area contributed by atoms with E-state index in [2.05, 4.69) is 31.8 Å². The second-order valence-corrected chi connectivity index (χ2v) is 11.6. The summed E-state index contributed by atoms with van der Waals surface area (Å²) in [7, 11) is 0. The molecule has 0 radical (unpaired) electrons. The highest BCUT2D eigenvalue weighted by Crippen LogP contribution is 2.45. The molecule has 0 saturated carbocycles. The zero-order valence-corrected chi connectivity index (χ0v) is 22.1. The van der Waals surface area contributed by atoms with E-state index < -0.39 is 0 Å². The largest absolute Gasteiger partial charge is 0.459 e. The van der Waals surface area contributed by atoms with Gasteiger partial charge in [0.1, 0.15) is 22.6 Å². The van der Waals surface area contributed by atoms with Crippen LogP contribution in [0.3, 0.4) is 0 Å². The van der Waals surface area contributed by atoms with Gasteiger partial charge in [0.25, 0.3) is 0 Å². The molecule has 0 fully saturated rings. The van der Waals surface area contributed by atoms with Crippen LogP contribution >= 0.6 is 11.3 Å². The number of hydrogen-bond acceptors (Lipinski definition) is 6. The summed E-state index contributed by atoms with van der Waals surface area (Å²) in [5.41, 5.74) is 4.49. The van der Waals surface area contributed by atoms with Gasteiger partial charge in [-0.15, -0.1) is 11.3 Å². The molecule has 1 aliphatic carbocycles. The smallest absolute Gasteiger partial charge is 0.338 e. The molecule has 0 bridgehead atoms. The molecule has 5 nitrogen and oxygen atoms in total. The summed E-state index contributed by atoms with van der Waals surface area (Å²) in [6.45, 7) is 12.5. The third-order valence-electron chi connectivity index (χ3n) is 6.59. The lowest BCUT2D eigenvalue weighted by atomic mass is 9.72. The van der Waals surface area contributed by atoms with E-state index >= 15 is 0 Å². The fraction of sp³-hybridized carbons (Fsp3) is 0.414. The number of fused-ring (bicyclic) bond motifs is 1. The molecule has 2 heterocycles. The molecule has 0 N–H and O–H groups in total. The summed E-state index contributed by atoms with van der Waals surface area (Å²) in [5, 5.41) is 10.6. The molecule has 6 heteroatoms. The number of nitriles is 1. The molecule has 4 rings (SSSR count). The number of carbonyl (C=O) groups excluding carboxylic acids is 1. The minimum absolute atomic E-state index is 0.162. The lowest BCUT2D eigenvalue weighted by Crippen LogP contribution is -2.26. The van der Waals surface area contributed by atoms with Crippen LogP contribution in [0.5, 0.6) is 0 Å². The number of carbonyl (C=O) groups is 1. The van der Waals surface area contributed by atoms with Crippen molar-refractivity contribution in [2.75, 3.05) is 0 Å². The van der Waals surface area contributed by atoms with Crippen LogP contribution in [-0.4, -0.2) is 18.3 Å². The Morgan fingerprint density at radius 3 is 2.71 bits per heavy atom. The van der Waals surface area contributed by atoms with E-state index in [1.54, 1.807) is 23.6 Å². The van der Waals surface area contributed by atoms with Gasteiger partial charge < -0.3 is 9.15 Å². The van der Waals surface area contributed by atoms with E-state index in [0.29, 0.717) is 28.6 Å². The molecule has 1 aromatic carbocycles. The highest BCUT2D eigenvalue weighted by molar-refractivity contribution is 7.16. The molecule has 35 heavy (non-hydrogen) atoms. The summed E-state index contributed by atoms with van der Waals surface area (Å²) in [4.78, 5) is 18.1. The molecular formula is C29H32N2O3S. The molecule has 0 unspecified atom stereocenters. The van der Waals surface area contributed by atoms with E-state index in [9.17, 15) is 10.1 Å². The Hall–Kier alpha value is -3.17. The van der Waals surface area contributed by atoms with Crippen LogP contribution in [0.2, 0.25) is 0 Å². The fourth-order valence-corrected chi connectivity index (χ4v) is 5.78. The standard InChI is InChI=1S/C29H32N2O3S/c1-17(2)33-28(32)19-7-10-22(18(3)13-19)25-12-9-21(34-25)16-31-27-24(15-30)23-11-8-20(29(4,5)6)14-26(23)35-27/h7,9-10,12-13,16-17,20H,8,11,14H2,1-6H3/t20-/m0/s1. The zero-order valence-electron chi connectivity index (χ0n) is 21.3. The van der Waals surface area contributed by atoms with Crippen LogP contribution in [0.15, 0.2) is 39.7 Å². The van der Waals surface area contributed by atoms with Crippen molar-refractivity contribution in [1.82, 2.24) is 0 Å². The molecule has 1 atom stereocenters. The molecule has 1 aliphatic rings. The summed E-state index contributed by atoms with van der Waals surface area (Å²) < 4.78 is 11.3. The normalized spacial score (nSPS) is 15.9. The van der Waals surface area contributed by atoms with Gasteiger partial charge in [-0.2, -0.15) is 5.26 Å². The number of thiophene rings is 1. The zero-order chi connectivity index (χ0) is 25.3. The Morgan fingerprint density at radius 2 is 2.06 bits per heavy atom. The Balaban J connectivity index is 1.54. The number of ether oxygens (including phenoxy) is 1. The number of rotatable bonds is 5. The Bertz CT molecular complexity index is 1310. The van der Waals surface area contributed by atoms with E-state index in [1.165, 1.54) is 10.4 Å². The van der Waals surface area contributed by atoms with Gasteiger partial charge in [-0.3, -0.25) is 0 Å². The third-order valence-corrected chi connectivity index (χ3v) is 7.75. The minimum Gasteiger partial charge on any atom is -0.459 e. The van der Waals surface area contributed by atoms with Crippen molar-refractivity contribution in [2.45, 2.75) is 66.9 Å². The maximum absolute atomic E-state index is 12.2. The number of esters is 1. The van der Waals surface area contributed by atoms with Crippen LogP contribution in [0.25, 0.3) is 11.3 Å². The molecule has 0 spiro atoms. The predicted octanol–water partition coefficient (Wildman–Crippen LogP) is 7.66. The van der Waals surface area contributed by atoms with Crippen molar-refractivity contribution in [3.8, 4) is 17.4 Å². The predicted molar refractivity (Wildman–Crippen MR) is 141 cm³/mol. The van der Waals surface area contributed by atoms with Gasteiger partial charge in [-0.25, -0.2) is 9.79 Å². The number of nitrogens with zero attached hydrogens (tertiary/aromatic N) is 2. The van der Waals surface area contributed by atoms with E-state index in [0.717, 1.165) is 35.4 Å². The molecule has 182 valence electrons. The van der Waals surface area contributed by atoms with Crippen molar-refractivity contribution in [2.24, 2.45) is 16.3 Å². The van der Waals surface area contributed by atoms with Crippen molar-refractivity contribution in [1.29, 1.82) is 5.26 Å². The van der Waals surface area contributed by atoms with Gasteiger partial charge in [0.05, 0.1) is 23.4 Å². The number of hydrogen-bond donors (Lipinski definition) is 0. The monoisotopic (exact) mass is 488 g/mol. The maximum atomic E-state index is 12.2. The van der Waals surface area contributed by atoms with Crippen LogP contribution in [0.4, 0.5) is 5.00 Å². The highest BCUT2D eigenvalue weighted by Gasteiger charge is 2.32. The summed E-state index contributed by atoms with van der Waals surface area (Å²) in [6, 6.07) is 11.6. The van der Waals surface area contributed by atoms with Crippen molar-refractivity contribution < 1.29 is 13.9 Å². The lowest BCUT2D eigenvalue weighted by molar-refractivity contribution is 0.0378. The molecule has 0 aliphatic heterocycles. The molecule has 2 aromatic heterocycles. The first-order chi connectivity index (χ1) is 16.6. The van der Waals surface area contributed by atoms with Gasteiger partial charge in [-0.1, -0.05) is 26.8 Å². The Labute approximate surface area is 211 Å². The molecule has 0 amide bonds. The average molecular weight is 489 g/mol. The van der Waals surface area contributed by atoms with Crippen LogP contribution in [-0.2, 0) is 17.6 Å². The van der Waals surface area contributed by atoms with E-state index in [-0.39, 0.29) is 17.5 Å². The van der Waals surface area contributed by atoms with Crippen LogP contribution < -0.4 is 0 Å². The van der Waals surface area contributed by atoms with E-state index in [4.69, 9.17) is 9.15 Å². The second-order valence-electron chi connectivity index (χ2n) is 10.5. The third kappa shape index (κ3) is 5.41. The summed E-state index contributed by atoms with van der Waals surface area (Å²) in [5.74, 6) is 1.60. The van der Waals surface area contributed by atoms with Crippen molar-refractivity contribution in [3.63, 3.8) is 0 Å². The fourth-order valence-electron chi connectivity index (χ4n) is 4.56. The van der Waals surface area contributed by atoms with Crippen LogP contribution in [0, 0.1) is 29.6 Å². The van der Waals surface area contributed by atoms with Crippen molar-refractivity contribution >= 4 is 28.5 Å². The van der Waals surface area contributed by atoms with Gasteiger partial charge >= 0.3 is 5.97 Å². The summed E-state index contributed by atoms with van der Waals surface area (Å²) in [6.07, 6.45) is 4.59. The number of benzene rings is 1. The van der Waals surface area contributed by atoms with Gasteiger partial charge in [-0.05, 0) is 86.8 Å². The Morgan fingerprint density at radius 1 is 1.29 bits per heavy atom. The number of aliphatic imine (C=N–C) groups is 1. The first-order valence-corrected chi connectivity index (χ1v) is 12.9. The number of aryl methyl sites for hydroxylation is 1. The molecular weight excluding hydrogens is 456 g/mol. The van der Waals surface area contributed by atoms with E-state index in [1.807, 2.05) is 45.0 Å². The van der Waals surface area contributed by atoms with Gasteiger partial charge in [0.2, 0.25) is 0 Å². The van der Waals surface area contributed by atoms with Gasteiger partial charge in [0.15, 0.2) is 0 Å². The Kier molecular flexibility index (Phi) is 7.00. The maximum Gasteiger partial charge on any atom is 0.338 e. The first-order valence-electron chi connectivity index (χ1n) is 12.1. The van der Waals surface area contributed by atoms with Crippen LogP contribution in [0.1, 0.15) is 78.7 Å². The molecule has 0 saturated heterocycles. The first kappa shape index (κ1) is 24.9. The summed E-state index contributed by atoms with van der Waals surface area (Å²) >= 11 is 1.63. The van der Waals surface area contributed by atoms with Gasteiger partial charge in [0, 0.05) is 10.4 Å². The highest BCUT2D eigenvalue weighted by atomic mass is 32.1. The molecule has 3 aromatic rings. The minimum atomic E-state index is -0.331. The average Bonchev–Trinajstić information content (AvgIpc) is 3.40. The quantitative estimate of drug-likeness (QED) is 0.273.